The van der Waals surface area contributed by atoms with E-state index in [4.69, 9.17) is 11.6 Å². The summed E-state index contributed by atoms with van der Waals surface area (Å²) in [5.74, 6) is -1.37. The van der Waals surface area contributed by atoms with Crippen molar-refractivity contribution >= 4 is 38.8 Å². The number of halogens is 3. The van der Waals surface area contributed by atoms with Gasteiger partial charge in [0, 0.05) is 5.02 Å². The molecule has 0 fully saturated rings. The molecule has 0 atom stereocenters. The normalized spacial score (nSPS) is 11.2. The third-order valence-corrected chi connectivity index (χ3v) is 5.00. The number of hydrogen-bond donors (Lipinski definition) is 2. The van der Waals surface area contributed by atoms with Gasteiger partial charge < -0.3 is 5.32 Å². The van der Waals surface area contributed by atoms with Gasteiger partial charge in [0.05, 0.1) is 16.8 Å². The van der Waals surface area contributed by atoms with Gasteiger partial charge in [0.15, 0.2) is 0 Å². The summed E-state index contributed by atoms with van der Waals surface area (Å²) >= 11 is 5.74. The molecule has 0 saturated heterocycles. The number of rotatable bonds is 5. The molecule has 26 heavy (non-hydrogen) atoms. The standard InChI is InChI=1S/C17H12ClF2N3O2S/c18-11-4-7-13(8-5-11)26(24,25)23-12-6-9-16(21-10-12)22-17-14(19)2-1-3-15(17)20/h1-10,23H,(H,21,22). The lowest BCUT2D eigenvalue weighted by atomic mass is 10.3. The van der Waals surface area contributed by atoms with Gasteiger partial charge in [-0.1, -0.05) is 17.7 Å². The van der Waals surface area contributed by atoms with E-state index in [1.54, 1.807) is 0 Å². The second kappa shape index (κ2) is 7.27. The predicted molar refractivity (Wildman–Crippen MR) is 96.1 cm³/mol. The summed E-state index contributed by atoms with van der Waals surface area (Å²) in [6.07, 6.45) is 1.23. The topological polar surface area (TPSA) is 71.1 Å². The first kappa shape index (κ1) is 18.1. The van der Waals surface area contributed by atoms with Crippen molar-refractivity contribution in [3.05, 3.63) is 77.5 Å². The molecular formula is C17H12ClF2N3O2S. The molecule has 0 spiro atoms. The highest BCUT2D eigenvalue weighted by molar-refractivity contribution is 7.92. The summed E-state index contributed by atoms with van der Waals surface area (Å²) in [6, 6.07) is 11.9. The minimum atomic E-state index is -3.80. The second-order valence-electron chi connectivity index (χ2n) is 5.21. The zero-order valence-electron chi connectivity index (χ0n) is 13.1. The average molecular weight is 396 g/mol. The number of sulfonamides is 1. The maximum absolute atomic E-state index is 13.6. The Hall–Kier alpha value is -2.71. The van der Waals surface area contributed by atoms with Crippen molar-refractivity contribution in [3.8, 4) is 0 Å². The first-order chi connectivity index (χ1) is 12.3. The van der Waals surface area contributed by atoms with E-state index in [0.29, 0.717) is 5.02 Å². The second-order valence-corrected chi connectivity index (χ2v) is 7.33. The molecule has 134 valence electrons. The average Bonchev–Trinajstić information content (AvgIpc) is 2.60. The number of nitrogens with one attached hydrogen (secondary N) is 2. The molecule has 9 heteroatoms. The van der Waals surface area contributed by atoms with Gasteiger partial charge in [0.25, 0.3) is 10.0 Å². The molecule has 0 bridgehead atoms. The molecule has 1 aromatic heterocycles. The van der Waals surface area contributed by atoms with Gasteiger partial charge >= 0.3 is 0 Å². The van der Waals surface area contributed by atoms with Gasteiger partial charge in [-0.15, -0.1) is 0 Å². The van der Waals surface area contributed by atoms with Crippen molar-refractivity contribution < 1.29 is 17.2 Å². The highest BCUT2D eigenvalue weighted by Crippen LogP contribution is 2.23. The number of aromatic nitrogens is 1. The monoisotopic (exact) mass is 395 g/mol. The van der Waals surface area contributed by atoms with E-state index in [1.165, 1.54) is 48.7 Å². The number of hydrogen-bond acceptors (Lipinski definition) is 4. The molecule has 0 saturated carbocycles. The summed E-state index contributed by atoms with van der Waals surface area (Å²) in [6.45, 7) is 0. The molecule has 2 aromatic carbocycles. The predicted octanol–water partition coefficient (Wildman–Crippen LogP) is 4.56. The van der Waals surface area contributed by atoms with E-state index < -0.39 is 21.7 Å². The molecule has 0 aliphatic rings. The fourth-order valence-electron chi connectivity index (χ4n) is 2.10. The van der Waals surface area contributed by atoms with Crippen molar-refractivity contribution in [2.24, 2.45) is 0 Å². The lowest BCUT2D eigenvalue weighted by Crippen LogP contribution is -2.13. The van der Waals surface area contributed by atoms with Gasteiger partial charge in [-0.2, -0.15) is 0 Å². The van der Waals surface area contributed by atoms with Gasteiger partial charge in [-0.3, -0.25) is 4.72 Å². The molecule has 0 aliphatic carbocycles. The lowest BCUT2D eigenvalue weighted by Gasteiger charge is -2.10. The van der Waals surface area contributed by atoms with Crippen LogP contribution in [0.2, 0.25) is 5.02 Å². The Balaban J connectivity index is 1.76. The van der Waals surface area contributed by atoms with Crippen molar-refractivity contribution in [1.29, 1.82) is 0 Å². The van der Waals surface area contributed by atoms with Crippen LogP contribution in [0.1, 0.15) is 0 Å². The van der Waals surface area contributed by atoms with E-state index >= 15 is 0 Å². The fourth-order valence-corrected chi connectivity index (χ4v) is 3.27. The van der Waals surface area contributed by atoms with E-state index in [2.05, 4.69) is 15.0 Å². The molecule has 1 heterocycles. The number of anilines is 3. The Labute approximate surface area is 153 Å². The molecule has 3 rings (SSSR count). The van der Waals surface area contributed by atoms with Crippen LogP contribution in [-0.4, -0.2) is 13.4 Å². The Morgan fingerprint density at radius 1 is 0.923 bits per heavy atom. The van der Waals surface area contributed by atoms with E-state index in [9.17, 15) is 17.2 Å². The number of pyridine rings is 1. The molecule has 0 radical (unpaired) electrons. The SMILES string of the molecule is O=S(=O)(Nc1ccc(Nc2c(F)cccc2F)nc1)c1ccc(Cl)cc1. The third kappa shape index (κ3) is 4.09. The summed E-state index contributed by atoms with van der Waals surface area (Å²) < 4.78 is 54.2. The minimum absolute atomic E-state index is 0.0394. The zero-order chi connectivity index (χ0) is 18.7. The van der Waals surface area contributed by atoms with E-state index in [0.717, 1.165) is 12.1 Å². The Bertz CT molecular complexity index is 1010. The number of nitrogens with zero attached hydrogens (tertiary/aromatic N) is 1. The summed E-state index contributed by atoms with van der Waals surface area (Å²) in [7, 11) is -3.80. The summed E-state index contributed by atoms with van der Waals surface area (Å²) in [4.78, 5) is 4.00. The van der Waals surface area contributed by atoms with Gasteiger partial charge in [-0.05, 0) is 48.5 Å². The van der Waals surface area contributed by atoms with Crippen molar-refractivity contribution in [3.63, 3.8) is 0 Å². The summed E-state index contributed by atoms with van der Waals surface area (Å²) in [5.41, 5.74) is -0.144. The molecule has 0 amide bonds. The van der Waals surface area contributed by atoms with Crippen LogP contribution in [0.3, 0.4) is 0 Å². The van der Waals surface area contributed by atoms with Crippen LogP contribution in [-0.2, 0) is 10.0 Å². The molecule has 3 aromatic rings. The minimum Gasteiger partial charge on any atom is -0.335 e. The van der Waals surface area contributed by atoms with E-state index in [-0.39, 0.29) is 22.1 Å². The van der Waals surface area contributed by atoms with Crippen LogP contribution < -0.4 is 10.0 Å². The van der Waals surface area contributed by atoms with Crippen LogP contribution in [0.4, 0.5) is 26.0 Å². The van der Waals surface area contributed by atoms with Gasteiger partial charge in [-0.25, -0.2) is 22.2 Å². The third-order valence-electron chi connectivity index (χ3n) is 3.36. The zero-order valence-corrected chi connectivity index (χ0v) is 14.7. The van der Waals surface area contributed by atoms with Gasteiger partial charge in [0.1, 0.15) is 23.1 Å². The fraction of sp³-hybridized carbons (Fsp3) is 0. The van der Waals surface area contributed by atoms with E-state index in [1.807, 2.05) is 0 Å². The number of para-hydroxylation sites is 1. The maximum Gasteiger partial charge on any atom is 0.261 e. The Kier molecular flexibility index (Phi) is 5.06. The molecular weight excluding hydrogens is 384 g/mol. The van der Waals surface area contributed by atoms with Crippen LogP contribution >= 0.6 is 11.6 Å². The lowest BCUT2D eigenvalue weighted by molar-refractivity contribution is 0.590. The van der Waals surface area contributed by atoms with Crippen LogP contribution in [0.5, 0.6) is 0 Å². The Morgan fingerprint density at radius 3 is 2.15 bits per heavy atom. The highest BCUT2D eigenvalue weighted by Gasteiger charge is 2.14. The first-order valence-electron chi connectivity index (χ1n) is 7.31. The maximum atomic E-state index is 13.6. The van der Waals surface area contributed by atoms with Crippen LogP contribution in [0.25, 0.3) is 0 Å². The smallest absolute Gasteiger partial charge is 0.261 e. The molecule has 0 aliphatic heterocycles. The molecule has 0 unspecified atom stereocenters. The highest BCUT2D eigenvalue weighted by atomic mass is 35.5. The molecule has 5 nitrogen and oxygen atoms in total. The van der Waals surface area contributed by atoms with Crippen molar-refractivity contribution in [2.45, 2.75) is 4.90 Å². The largest absolute Gasteiger partial charge is 0.335 e. The van der Waals surface area contributed by atoms with Crippen molar-refractivity contribution in [1.82, 2.24) is 4.98 Å². The van der Waals surface area contributed by atoms with Crippen LogP contribution in [0, 0.1) is 11.6 Å². The summed E-state index contributed by atoms with van der Waals surface area (Å²) in [5, 5.41) is 2.93. The molecule has 2 N–H and O–H groups in total. The van der Waals surface area contributed by atoms with Gasteiger partial charge in [0.2, 0.25) is 0 Å². The number of benzene rings is 2. The first-order valence-corrected chi connectivity index (χ1v) is 9.17. The van der Waals surface area contributed by atoms with Crippen molar-refractivity contribution in [2.75, 3.05) is 10.0 Å². The van der Waals surface area contributed by atoms with Crippen LogP contribution in [0.15, 0.2) is 65.7 Å². The quantitative estimate of drug-likeness (QED) is 0.664. The Morgan fingerprint density at radius 2 is 1.58 bits per heavy atom.